The predicted octanol–water partition coefficient (Wildman–Crippen LogP) is 2.34. The van der Waals surface area contributed by atoms with Crippen LogP contribution in [-0.2, 0) is 0 Å². The number of nitrogens with zero attached hydrogens (tertiary/aromatic N) is 1. The van der Waals surface area contributed by atoms with Crippen molar-refractivity contribution in [3.05, 3.63) is 11.9 Å². The van der Waals surface area contributed by atoms with E-state index in [0.717, 1.165) is 24.5 Å². The highest BCUT2D eigenvalue weighted by molar-refractivity contribution is 4.96. The summed E-state index contributed by atoms with van der Waals surface area (Å²) >= 11 is 0. The maximum Gasteiger partial charge on any atom is 0.0449 e. The maximum absolute atomic E-state index is 6.02. The standard InChI is InChI=1S/C12H25N3/c1-3-5-11(13)9-15(14)12-7-4-6-10(2)8-12/h9-10,12H,3-8,13-14H2,1-2H3/b11-9-. The van der Waals surface area contributed by atoms with Crippen molar-refractivity contribution >= 4 is 0 Å². The largest absolute Gasteiger partial charge is 0.401 e. The molecule has 0 spiro atoms. The Labute approximate surface area is 93.5 Å². The molecule has 0 radical (unpaired) electrons. The zero-order valence-electron chi connectivity index (χ0n) is 10.1. The van der Waals surface area contributed by atoms with Gasteiger partial charge in [0.05, 0.1) is 0 Å². The second-order valence-electron chi connectivity index (χ2n) is 4.83. The Balaban J connectivity index is 2.44. The van der Waals surface area contributed by atoms with E-state index in [1.54, 1.807) is 0 Å². The van der Waals surface area contributed by atoms with E-state index < -0.39 is 0 Å². The molecule has 3 nitrogen and oxygen atoms in total. The zero-order chi connectivity index (χ0) is 11.3. The molecule has 0 aromatic carbocycles. The van der Waals surface area contributed by atoms with Gasteiger partial charge in [-0.05, 0) is 25.2 Å². The van der Waals surface area contributed by atoms with Gasteiger partial charge in [0.25, 0.3) is 0 Å². The number of rotatable bonds is 4. The van der Waals surface area contributed by atoms with E-state index >= 15 is 0 Å². The van der Waals surface area contributed by atoms with Crippen LogP contribution >= 0.6 is 0 Å². The summed E-state index contributed by atoms with van der Waals surface area (Å²) in [5, 5.41) is 1.83. The lowest BCUT2D eigenvalue weighted by Crippen LogP contribution is -2.40. The van der Waals surface area contributed by atoms with Gasteiger partial charge in [-0.25, -0.2) is 5.84 Å². The molecule has 0 amide bonds. The third-order valence-corrected chi connectivity index (χ3v) is 3.18. The third-order valence-electron chi connectivity index (χ3n) is 3.18. The van der Waals surface area contributed by atoms with E-state index in [1.807, 2.05) is 11.2 Å². The van der Waals surface area contributed by atoms with Crippen LogP contribution in [0.5, 0.6) is 0 Å². The molecule has 1 rings (SSSR count). The van der Waals surface area contributed by atoms with Crippen molar-refractivity contribution in [1.29, 1.82) is 0 Å². The SMILES string of the molecule is CCC/C(N)=C/N(N)C1CCCC(C)C1. The van der Waals surface area contributed by atoms with Crippen LogP contribution in [0.1, 0.15) is 52.4 Å². The molecule has 1 saturated carbocycles. The lowest BCUT2D eigenvalue weighted by molar-refractivity contribution is 0.186. The summed E-state index contributed by atoms with van der Waals surface area (Å²) in [7, 11) is 0. The molecule has 15 heavy (non-hydrogen) atoms. The lowest BCUT2D eigenvalue weighted by Gasteiger charge is -2.33. The second kappa shape index (κ2) is 6.01. The monoisotopic (exact) mass is 211 g/mol. The molecule has 2 unspecified atom stereocenters. The molecule has 88 valence electrons. The van der Waals surface area contributed by atoms with E-state index in [4.69, 9.17) is 11.6 Å². The summed E-state index contributed by atoms with van der Waals surface area (Å²) in [6, 6.07) is 0.490. The van der Waals surface area contributed by atoms with E-state index in [9.17, 15) is 0 Å². The third kappa shape index (κ3) is 4.12. The molecular formula is C12H25N3. The summed E-state index contributed by atoms with van der Waals surface area (Å²) in [5.41, 5.74) is 6.77. The van der Waals surface area contributed by atoms with Crippen LogP contribution in [0.15, 0.2) is 11.9 Å². The fourth-order valence-corrected chi connectivity index (χ4v) is 2.32. The minimum absolute atomic E-state index is 0.490. The predicted molar refractivity (Wildman–Crippen MR) is 64.6 cm³/mol. The van der Waals surface area contributed by atoms with Gasteiger partial charge in [-0.15, -0.1) is 0 Å². The van der Waals surface area contributed by atoms with Crippen molar-refractivity contribution in [1.82, 2.24) is 5.01 Å². The molecule has 0 aromatic rings. The van der Waals surface area contributed by atoms with E-state index in [0.29, 0.717) is 6.04 Å². The van der Waals surface area contributed by atoms with Crippen molar-refractivity contribution in [2.24, 2.45) is 17.5 Å². The number of nitrogens with two attached hydrogens (primary N) is 2. The van der Waals surface area contributed by atoms with Crippen LogP contribution < -0.4 is 11.6 Å². The van der Waals surface area contributed by atoms with Crippen molar-refractivity contribution in [2.75, 3.05) is 0 Å². The van der Waals surface area contributed by atoms with E-state index in [2.05, 4.69) is 13.8 Å². The fraction of sp³-hybridized carbons (Fsp3) is 0.833. The molecule has 1 aliphatic carbocycles. The maximum atomic E-state index is 6.02. The first kappa shape index (κ1) is 12.4. The normalized spacial score (nSPS) is 27.8. The van der Waals surface area contributed by atoms with Gasteiger partial charge in [-0.1, -0.05) is 33.1 Å². The minimum atomic E-state index is 0.490. The van der Waals surface area contributed by atoms with Crippen LogP contribution in [0.25, 0.3) is 0 Å². The van der Waals surface area contributed by atoms with Crippen molar-refractivity contribution in [2.45, 2.75) is 58.4 Å². The molecule has 1 aliphatic rings. The van der Waals surface area contributed by atoms with Crippen LogP contribution in [0.2, 0.25) is 0 Å². The molecule has 0 saturated heterocycles. The van der Waals surface area contributed by atoms with Crippen molar-refractivity contribution < 1.29 is 0 Å². The fourth-order valence-electron chi connectivity index (χ4n) is 2.32. The molecular weight excluding hydrogens is 186 g/mol. The number of hydrazine groups is 1. The Morgan fingerprint density at radius 1 is 1.47 bits per heavy atom. The van der Waals surface area contributed by atoms with E-state index in [-0.39, 0.29) is 0 Å². The van der Waals surface area contributed by atoms with Crippen molar-refractivity contribution in [3.8, 4) is 0 Å². The van der Waals surface area contributed by atoms with Gasteiger partial charge in [0, 0.05) is 17.9 Å². The topological polar surface area (TPSA) is 55.3 Å². The highest BCUT2D eigenvalue weighted by Gasteiger charge is 2.21. The molecule has 0 aliphatic heterocycles. The van der Waals surface area contributed by atoms with E-state index in [1.165, 1.54) is 25.7 Å². The average Bonchev–Trinajstić information content (AvgIpc) is 2.18. The quantitative estimate of drug-likeness (QED) is 0.554. The van der Waals surface area contributed by atoms with Crippen LogP contribution in [-0.4, -0.2) is 11.1 Å². The molecule has 2 atom stereocenters. The Bertz CT molecular complexity index is 213. The van der Waals surface area contributed by atoms with Gasteiger partial charge in [0.2, 0.25) is 0 Å². The molecule has 3 heteroatoms. The van der Waals surface area contributed by atoms with Gasteiger partial charge in [0.15, 0.2) is 0 Å². The highest BCUT2D eigenvalue weighted by atomic mass is 15.4. The summed E-state index contributed by atoms with van der Waals surface area (Å²) in [6.45, 7) is 4.43. The summed E-state index contributed by atoms with van der Waals surface area (Å²) in [4.78, 5) is 0. The lowest BCUT2D eigenvalue weighted by atomic mass is 9.87. The first-order valence-electron chi connectivity index (χ1n) is 6.12. The first-order chi connectivity index (χ1) is 7.13. The van der Waals surface area contributed by atoms with Gasteiger partial charge in [-0.3, -0.25) is 0 Å². The number of hydrogen-bond acceptors (Lipinski definition) is 3. The Morgan fingerprint density at radius 2 is 2.20 bits per heavy atom. The summed E-state index contributed by atoms with van der Waals surface area (Å²) < 4.78 is 0. The van der Waals surface area contributed by atoms with Gasteiger partial charge in [0.1, 0.15) is 0 Å². The number of allylic oxidation sites excluding steroid dienone is 1. The first-order valence-corrected chi connectivity index (χ1v) is 6.12. The molecule has 0 aromatic heterocycles. The zero-order valence-corrected chi connectivity index (χ0v) is 10.1. The summed E-state index contributed by atoms with van der Waals surface area (Å²) in [5.74, 6) is 6.82. The minimum Gasteiger partial charge on any atom is -0.401 e. The Hall–Kier alpha value is -0.700. The molecule has 1 fully saturated rings. The summed E-state index contributed by atoms with van der Waals surface area (Å²) in [6.07, 6.45) is 8.99. The van der Waals surface area contributed by atoms with Gasteiger partial charge < -0.3 is 10.7 Å². The second-order valence-corrected chi connectivity index (χ2v) is 4.83. The van der Waals surface area contributed by atoms with Crippen molar-refractivity contribution in [3.63, 3.8) is 0 Å². The van der Waals surface area contributed by atoms with Gasteiger partial charge >= 0.3 is 0 Å². The van der Waals surface area contributed by atoms with Crippen LogP contribution in [0.4, 0.5) is 0 Å². The molecule has 4 N–H and O–H groups in total. The molecule has 0 heterocycles. The molecule has 0 bridgehead atoms. The number of hydrogen-bond donors (Lipinski definition) is 2. The van der Waals surface area contributed by atoms with Crippen LogP contribution in [0, 0.1) is 5.92 Å². The van der Waals surface area contributed by atoms with Crippen LogP contribution in [0.3, 0.4) is 0 Å². The van der Waals surface area contributed by atoms with Gasteiger partial charge in [-0.2, -0.15) is 0 Å². The Morgan fingerprint density at radius 3 is 2.80 bits per heavy atom. The smallest absolute Gasteiger partial charge is 0.0449 e. The Kier molecular flexibility index (Phi) is 4.95. The average molecular weight is 211 g/mol. The highest BCUT2D eigenvalue weighted by Crippen LogP contribution is 2.26.